The van der Waals surface area contributed by atoms with Crippen molar-refractivity contribution < 1.29 is 14.6 Å². The van der Waals surface area contributed by atoms with E-state index in [1.54, 1.807) is 0 Å². The van der Waals surface area contributed by atoms with Crippen LogP contribution in [0.3, 0.4) is 0 Å². The molecule has 0 saturated carbocycles. The molecule has 1 aromatic rings. The highest BCUT2D eigenvalue weighted by Gasteiger charge is 2.24. The lowest BCUT2D eigenvalue weighted by Crippen LogP contribution is -2.45. The van der Waals surface area contributed by atoms with Gasteiger partial charge in [0.2, 0.25) is 6.79 Å². The maximum Gasteiger partial charge on any atom is 0.231 e. The minimum Gasteiger partial charge on any atom is -0.454 e. The predicted octanol–water partition coefficient (Wildman–Crippen LogP) is 1.17. The van der Waals surface area contributed by atoms with Gasteiger partial charge in [-0.2, -0.15) is 0 Å². The first-order valence-corrected chi connectivity index (χ1v) is 6.83. The molecule has 1 saturated heterocycles. The smallest absolute Gasteiger partial charge is 0.231 e. The van der Waals surface area contributed by atoms with E-state index in [1.165, 1.54) is 5.56 Å². The molecule has 20 heavy (non-hydrogen) atoms. The van der Waals surface area contributed by atoms with Crippen LogP contribution >= 0.6 is 12.4 Å². The number of aliphatic hydroxyl groups is 1. The van der Waals surface area contributed by atoms with Crippen LogP contribution in [-0.4, -0.2) is 49.6 Å². The Morgan fingerprint density at radius 3 is 2.70 bits per heavy atom. The van der Waals surface area contributed by atoms with Crippen LogP contribution < -0.4 is 14.8 Å². The number of aliphatic hydroxyl groups excluding tert-OH is 1. The molecule has 0 aliphatic carbocycles. The second-order valence-electron chi connectivity index (χ2n) is 4.93. The van der Waals surface area contributed by atoms with Crippen molar-refractivity contribution in [1.82, 2.24) is 10.2 Å². The molecule has 0 aromatic heterocycles. The number of piperazine rings is 1. The average Bonchev–Trinajstić information content (AvgIpc) is 2.93. The predicted molar refractivity (Wildman–Crippen MR) is 78.7 cm³/mol. The Bertz CT molecular complexity index is 438. The van der Waals surface area contributed by atoms with E-state index in [-0.39, 0.29) is 25.1 Å². The van der Waals surface area contributed by atoms with Gasteiger partial charge in [-0.15, -0.1) is 12.4 Å². The molecule has 5 nitrogen and oxygen atoms in total. The molecule has 6 heteroatoms. The van der Waals surface area contributed by atoms with Crippen LogP contribution in [0.2, 0.25) is 0 Å². The van der Waals surface area contributed by atoms with Gasteiger partial charge in [0.25, 0.3) is 0 Å². The average molecular weight is 301 g/mol. The third-order valence-electron chi connectivity index (χ3n) is 3.78. The number of rotatable bonds is 4. The molecule has 2 aliphatic heterocycles. The second-order valence-corrected chi connectivity index (χ2v) is 4.93. The first-order valence-electron chi connectivity index (χ1n) is 6.83. The topological polar surface area (TPSA) is 54.0 Å². The van der Waals surface area contributed by atoms with Crippen LogP contribution in [0, 0.1) is 0 Å². The molecule has 0 bridgehead atoms. The van der Waals surface area contributed by atoms with E-state index in [9.17, 15) is 5.11 Å². The van der Waals surface area contributed by atoms with Crippen LogP contribution in [0.25, 0.3) is 0 Å². The number of hydrogen-bond acceptors (Lipinski definition) is 5. The molecular formula is C14H21ClN2O3. The van der Waals surface area contributed by atoms with Crippen LogP contribution in [-0.2, 0) is 0 Å². The van der Waals surface area contributed by atoms with Crippen LogP contribution in [0.1, 0.15) is 18.0 Å². The van der Waals surface area contributed by atoms with Crippen LogP contribution in [0.4, 0.5) is 0 Å². The van der Waals surface area contributed by atoms with E-state index in [1.807, 2.05) is 12.1 Å². The van der Waals surface area contributed by atoms with Crippen molar-refractivity contribution in [3.05, 3.63) is 23.8 Å². The normalized spacial score (nSPS) is 19.4. The number of nitrogens with one attached hydrogen (secondary N) is 1. The summed E-state index contributed by atoms with van der Waals surface area (Å²) in [6, 6.07) is 6.34. The van der Waals surface area contributed by atoms with Crippen molar-refractivity contribution in [2.24, 2.45) is 0 Å². The molecule has 2 N–H and O–H groups in total. The quantitative estimate of drug-likeness (QED) is 0.874. The van der Waals surface area contributed by atoms with Crippen molar-refractivity contribution in [3.63, 3.8) is 0 Å². The summed E-state index contributed by atoms with van der Waals surface area (Å²) in [7, 11) is 0. The van der Waals surface area contributed by atoms with E-state index >= 15 is 0 Å². The van der Waals surface area contributed by atoms with Gasteiger partial charge in [0.1, 0.15) is 0 Å². The van der Waals surface area contributed by atoms with Gasteiger partial charge >= 0.3 is 0 Å². The fraction of sp³-hybridized carbons (Fsp3) is 0.571. The first-order chi connectivity index (χ1) is 9.38. The molecule has 3 rings (SSSR count). The van der Waals surface area contributed by atoms with Gasteiger partial charge in [-0.25, -0.2) is 0 Å². The Kier molecular flexibility index (Phi) is 5.48. The summed E-state index contributed by atoms with van der Waals surface area (Å²) in [4.78, 5) is 2.42. The Labute approximate surface area is 125 Å². The maximum absolute atomic E-state index is 9.32. The van der Waals surface area contributed by atoms with Gasteiger partial charge in [0, 0.05) is 38.8 Å². The number of ether oxygens (including phenoxy) is 2. The van der Waals surface area contributed by atoms with Gasteiger partial charge in [0.15, 0.2) is 11.5 Å². The van der Waals surface area contributed by atoms with Gasteiger partial charge in [-0.05, 0) is 24.1 Å². The number of fused-ring (bicyclic) bond motifs is 1. The summed E-state index contributed by atoms with van der Waals surface area (Å²) in [6.45, 7) is 4.54. The van der Waals surface area contributed by atoms with Gasteiger partial charge < -0.3 is 19.9 Å². The summed E-state index contributed by atoms with van der Waals surface area (Å²) < 4.78 is 10.8. The minimum absolute atomic E-state index is 0. The highest BCUT2D eigenvalue weighted by molar-refractivity contribution is 5.85. The van der Waals surface area contributed by atoms with E-state index in [4.69, 9.17) is 9.47 Å². The summed E-state index contributed by atoms with van der Waals surface area (Å²) in [6.07, 6.45) is 0.750. The molecule has 0 radical (unpaired) electrons. The second kappa shape index (κ2) is 7.13. The SMILES string of the molecule is Cl.OCC[C@H](c1ccc2c(c1)OCO2)N1CCNCC1. The van der Waals surface area contributed by atoms with Crippen LogP contribution in [0.5, 0.6) is 11.5 Å². The van der Waals surface area contributed by atoms with Gasteiger partial charge in [-0.3, -0.25) is 4.90 Å². The Morgan fingerprint density at radius 1 is 1.20 bits per heavy atom. The van der Waals surface area contributed by atoms with E-state index < -0.39 is 0 Å². The fourth-order valence-corrected chi connectivity index (χ4v) is 2.80. The molecule has 1 atom stereocenters. The lowest BCUT2D eigenvalue weighted by Gasteiger charge is -2.35. The summed E-state index contributed by atoms with van der Waals surface area (Å²) in [5.74, 6) is 1.63. The van der Waals surface area contributed by atoms with Crippen LogP contribution in [0.15, 0.2) is 18.2 Å². The highest BCUT2D eigenvalue weighted by atomic mass is 35.5. The van der Waals surface area contributed by atoms with Gasteiger partial charge in [0.05, 0.1) is 0 Å². The number of halogens is 1. The Hall–Kier alpha value is -1.01. The molecule has 1 aromatic carbocycles. The monoisotopic (exact) mass is 300 g/mol. The van der Waals surface area contributed by atoms with Crippen molar-refractivity contribution in [2.45, 2.75) is 12.5 Å². The van der Waals surface area contributed by atoms with Crippen molar-refractivity contribution in [1.29, 1.82) is 0 Å². The number of benzene rings is 1. The van der Waals surface area contributed by atoms with Crippen molar-refractivity contribution in [2.75, 3.05) is 39.6 Å². The highest BCUT2D eigenvalue weighted by Crippen LogP contribution is 2.36. The summed E-state index contributed by atoms with van der Waals surface area (Å²) in [5, 5.41) is 12.7. The van der Waals surface area contributed by atoms with E-state index in [0.29, 0.717) is 6.79 Å². The molecule has 0 amide bonds. The third kappa shape index (κ3) is 3.17. The minimum atomic E-state index is 0. The third-order valence-corrected chi connectivity index (χ3v) is 3.78. The molecule has 0 spiro atoms. The van der Waals surface area contributed by atoms with Crippen molar-refractivity contribution >= 4 is 12.4 Å². The molecule has 0 unspecified atom stereocenters. The maximum atomic E-state index is 9.32. The first kappa shape index (κ1) is 15.4. The lowest BCUT2D eigenvalue weighted by molar-refractivity contribution is 0.141. The number of nitrogens with zero attached hydrogens (tertiary/aromatic N) is 1. The number of hydrogen-bond donors (Lipinski definition) is 2. The molecular weight excluding hydrogens is 280 g/mol. The largest absolute Gasteiger partial charge is 0.454 e. The Morgan fingerprint density at radius 2 is 1.95 bits per heavy atom. The summed E-state index contributed by atoms with van der Waals surface area (Å²) in [5.41, 5.74) is 1.19. The summed E-state index contributed by atoms with van der Waals surface area (Å²) >= 11 is 0. The molecule has 112 valence electrons. The Balaban J connectivity index is 0.00000147. The zero-order chi connectivity index (χ0) is 13.1. The van der Waals surface area contributed by atoms with Gasteiger partial charge in [-0.1, -0.05) is 6.07 Å². The molecule has 2 heterocycles. The molecule has 2 aliphatic rings. The van der Waals surface area contributed by atoms with E-state index in [0.717, 1.165) is 44.1 Å². The fourth-order valence-electron chi connectivity index (χ4n) is 2.80. The zero-order valence-corrected chi connectivity index (χ0v) is 12.2. The standard InChI is InChI=1S/C14H20N2O3.ClH/c17-8-3-12(16-6-4-15-5-7-16)11-1-2-13-14(9-11)19-10-18-13;/h1-2,9,12,15,17H,3-8,10H2;1H/t12-;/m1./s1. The lowest BCUT2D eigenvalue weighted by atomic mass is 10.0. The zero-order valence-electron chi connectivity index (χ0n) is 11.4. The van der Waals surface area contributed by atoms with Crippen molar-refractivity contribution in [3.8, 4) is 11.5 Å². The molecule has 1 fully saturated rings. The van der Waals surface area contributed by atoms with E-state index in [2.05, 4.69) is 16.3 Å².